The normalized spacial score (nSPS) is 9.71. The molecule has 0 aliphatic heterocycles. The van der Waals surface area contributed by atoms with Crippen molar-refractivity contribution in [2.75, 3.05) is 12.8 Å². The van der Waals surface area contributed by atoms with Crippen LogP contribution in [0.15, 0.2) is 42.5 Å². The monoisotopic (exact) mass is 282 g/mol. The quantitative estimate of drug-likeness (QED) is 0.688. The summed E-state index contributed by atoms with van der Waals surface area (Å²) in [5.74, 6) is -0.0806. The van der Waals surface area contributed by atoms with E-state index in [0.717, 1.165) is 0 Å². The zero-order valence-electron chi connectivity index (χ0n) is 11.5. The molecule has 0 bridgehead atoms. The zero-order valence-corrected chi connectivity index (χ0v) is 11.5. The number of methoxy groups -OCH3 is 1. The number of carbonyl (C=O) groups excluding carboxylic acids is 1. The average molecular weight is 282 g/mol. The van der Waals surface area contributed by atoms with Gasteiger partial charge in [-0.05, 0) is 24.3 Å². The molecule has 0 unspecified atom stereocenters. The maximum atomic E-state index is 12.0. The van der Waals surface area contributed by atoms with E-state index in [1.165, 1.54) is 13.2 Å². The van der Waals surface area contributed by atoms with E-state index >= 15 is 0 Å². The minimum atomic E-state index is -0.499. The first-order chi connectivity index (χ1) is 10.2. The first-order valence-electron chi connectivity index (χ1n) is 6.24. The Morgan fingerprint density at radius 3 is 2.76 bits per heavy atom. The lowest BCUT2D eigenvalue weighted by Gasteiger charge is -2.08. The van der Waals surface area contributed by atoms with Gasteiger partial charge in [-0.1, -0.05) is 18.2 Å². The van der Waals surface area contributed by atoms with E-state index in [9.17, 15) is 4.79 Å². The summed E-state index contributed by atoms with van der Waals surface area (Å²) in [5.41, 5.74) is 7.63. The molecule has 5 heteroatoms. The fourth-order valence-electron chi connectivity index (χ4n) is 1.82. The molecule has 0 spiro atoms. The summed E-state index contributed by atoms with van der Waals surface area (Å²) in [7, 11) is 1.48. The third-order valence-corrected chi connectivity index (χ3v) is 2.97. The Morgan fingerprint density at radius 2 is 2.05 bits per heavy atom. The van der Waals surface area contributed by atoms with Crippen molar-refractivity contribution in [2.45, 2.75) is 6.61 Å². The van der Waals surface area contributed by atoms with Gasteiger partial charge in [-0.25, -0.2) is 4.79 Å². The molecule has 0 aliphatic rings. The molecule has 0 aromatic heterocycles. The summed E-state index contributed by atoms with van der Waals surface area (Å²) >= 11 is 0. The molecule has 0 fully saturated rings. The first kappa shape index (κ1) is 14.4. The predicted molar refractivity (Wildman–Crippen MR) is 77.7 cm³/mol. The maximum Gasteiger partial charge on any atom is 0.338 e. The zero-order chi connectivity index (χ0) is 15.2. The lowest BCUT2D eigenvalue weighted by molar-refractivity contribution is 0.0472. The Bertz CT molecular complexity index is 705. The third-order valence-electron chi connectivity index (χ3n) is 2.97. The molecule has 0 saturated carbocycles. The van der Waals surface area contributed by atoms with Gasteiger partial charge >= 0.3 is 5.97 Å². The van der Waals surface area contributed by atoms with E-state index in [2.05, 4.69) is 6.07 Å². The van der Waals surface area contributed by atoms with Gasteiger partial charge in [-0.2, -0.15) is 5.26 Å². The van der Waals surface area contributed by atoms with Gasteiger partial charge in [0.25, 0.3) is 0 Å². The maximum absolute atomic E-state index is 12.0. The molecule has 2 N–H and O–H groups in total. The molecule has 0 atom stereocenters. The van der Waals surface area contributed by atoms with Gasteiger partial charge in [-0.3, -0.25) is 0 Å². The van der Waals surface area contributed by atoms with Crippen molar-refractivity contribution in [3.05, 3.63) is 59.2 Å². The third kappa shape index (κ3) is 3.31. The van der Waals surface area contributed by atoms with Crippen LogP contribution in [0, 0.1) is 11.3 Å². The van der Waals surface area contributed by atoms with Crippen LogP contribution in [0.1, 0.15) is 21.5 Å². The van der Waals surface area contributed by atoms with Crippen molar-refractivity contribution in [2.24, 2.45) is 0 Å². The van der Waals surface area contributed by atoms with Crippen LogP contribution in [0.25, 0.3) is 0 Å². The topological polar surface area (TPSA) is 85.3 Å². The van der Waals surface area contributed by atoms with Gasteiger partial charge in [0, 0.05) is 5.56 Å². The van der Waals surface area contributed by atoms with Crippen molar-refractivity contribution in [1.29, 1.82) is 5.26 Å². The van der Waals surface area contributed by atoms with Crippen LogP contribution >= 0.6 is 0 Å². The second-order valence-corrected chi connectivity index (χ2v) is 4.30. The molecule has 0 radical (unpaired) electrons. The van der Waals surface area contributed by atoms with E-state index in [-0.39, 0.29) is 6.61 Å². The number of esters is 1. The van der Waals surface area contributed by atoms with Crippen molar-refractivity contribution in [3.8, 4) is 11.8 Å². The number of nitrogens with zero attached hydrogens (tertiary/aromatic N) is 1. The molecule has 0 saturated heterocycles. The second kappa shape index (κ2) is 6.44. The van der Waals surface area contributed by atoms with Crippen LogP contribution in [-0.4, -0.2) is 13.1 Å². The van der Waals surface area contributed by atoms with Gasteiger partial charge in [0.05, 0.1) is 30.0 Å². The van der Waals surface area contributed by atoms with E-state index in [1.54, 1.807) is 36.4 Å². The molecule has 0 amide bonds. The molecular formula is C16H14N2O3. The molecule has 2 aromatic rings. The standard InChI is InChI=1S/C16H14N2O3/c1-20-15-8-11(6-7-14(15)18)16(19)21-10-13-5-3-2-4-12(13)9-17/h2-8H,10,18H2,1H3. The van der Waals surface area contributed by atoms with Crippen LogP contribution in [0.5, 0.6) is 5.75 Å². The Hall–Kier alpha value is -3.00. The van der Waals surface area contributed by atoms with E-state index in [0.29, 0.717) is 28.1 Å². The minimum Gasteiger partial charge on any atom is -0.495 e. The highest BCUT2D eigenvalue weighted by Crippen LogP contribution is 2.22. The number of nitriles is 1. The van der Waals surface area contributed by atoms with E-state index in [4.69, 9.17) is 20.5 Å². The molecule has 2 aromatic carbocycles. The van der Waals surface area contributed by atoms with Gasteiger partial charge in [0.2, 0.25) is 0 Å². The predicted octanol–water partition coefficient (Wildman–Crippen LogP) is 2.51. The van der Waals surface area contributed by atoms with Gasteiger partial charge < -0.3 is 15.2 Å². The van der Waals surface area contributed by atoms with Crippen molar-refractivity contribution in [3.63, 3.8) is 0 Å². The Balaban J connectivity index is 2.10. The Morgan fingerprint density at radius 1 is 1.29 bits per heavy atom. The van der Waals surface area contributed by atoms with E-state index < -0.39 is 5.97 Å². The van der Waals surface area contributed by atoms with Crippen LogP contribution in [0.3, 0.4) is 0 Å². The average Bonchev–Trinajstić information content (AvgIpc) is 2.53. The molecule has 5 nitrogen and oxygen atoms in total. The first-order valence-corrected chi connectivity index (χ1v) is 6.24. The fraction of sp³-hybridized carbons (Fsp3) is 0.125. The van der Waals surface area contributed by atoms with Crippen LogP contribution < -0.4 is 10.5 Å². The van der Waals surface area contributed by atoms with Crippen LogP contribution in [0.2, 0.25) is 0 Å². The highest BCUT2D eigenvalue weighted by molar-refractivity contribution is 5.90. The SMILES string of the molecule is COc1cc(C(=O)OCc2ccccc2C#N)ccc1N. The summed E-state index contributed by atoms with van der Waals surface area (Å²) < 4.78 is 10.3. The smallest absolute Gasteiger partial charge is 0.338 e. The van der Waals surface area contributed by atoms with Crippen molar-refractivity contribution < 1.29 is 14.3 Å². The van der Waals surface area contributed by atoms with Crippen LogP contribution in [0.4, 0.5) is 5.69 Å². The minimum absolute atomic E-state index is 0.0370. The number of nitrogens with two attached hydrogens (primary N) is 1. The van der Waals surface area contributed by atoms with Crippen LogP contribution in [-0.2, 0) is 11.3 Å². The summed E-state index contributed by atoms with van der Waals surface area (Å²) in [6.45, 7) is 0.0370. The lowest BCUT2D eigenvalue weighted by atomic mass is 10.1. The Labute approximate surface area is 122 Å². The number of anilines is 1. The molecule has 21 heavy (non-hydrogen) atoms. The summed E-state index contributed by atoms with van der Waals surface area (Å²) in [6.07, 6.45) is 0. The molecular weight excluding hydrogens is 268 g/mol. The molecule has 106 valence electrons. The highest BCUT2D eigenvalue weighted by atomic mass is 16.5. The van der Waals surface area contributed by atoms with E-state index in [1.807, 2.05) is 0 Å². The van der Waals surface area contributed by atoms with Gasteiger partial charge in [-0.15, -0.1) is 0 Å². The van der Waals surface area contributed by atoms with Crippen molar-refractivity contribution >= 4 is 11.7 Å². The van der Waals surface area contributed by atoms with Gasteiger partial charge in [0.1, 0.15) is 12.4 Å². The number of hydrogen-bond donors (Lipinski definition) is 1. The Kier molecular flexibility index (Phi) is 4.42. The number of carbonyl (C=O) groups is 1. The molecule has 2 rings (SSSR count). The largest absolute Gasteiger partial charge is 0.495 e. The molecule has 0 heterocycles. The number of nitrogen functional groups attached to an aromatic ring is 1. The number of ether oxygens (including phenoxy) is 2. The molecule has 0 aliphatic carbocycles. The van der Waals surface area contributed by atoms with Crippen molar-refractivity contribution in [1.82, 2.24) is 0 Å². The number of benzene rings is 2. The van der Waals surface area contributed by atoms with Gasteiger partial charge in [0.15, 0.2) is 0 Å². The fourth-order valence-corrected chi connectivity index (χ4v) is 1.82. The number of rotatable bonds is 4. The summed E-state index contributed by atoms with van der Waals surface area (Å²) in [4.78, 5) is 12.0. The second-order valence-electron chi connectivity index (χ2n) is 4.30. The number of hydrogen-bond acceptors (Lipinski definition) is 5. The summed E-state index contributed by atoms with van der Waals surface area (Å²) in [5, 5.41) is 8.98. The highest BCUT2D eigenvalue weighted by Gasteiger charge is 2.11. The lowest BCUT2D eigenvalue weighted by Crippen LogP contribution is -2.07. The summed E-state index contributed by atoms with van der Waals surface area (Å²) in [6, 6.07) is 13.7.